The van der Waals surface area contributed by atoms with E-state index in [1.54, 1.807) is 0 Å². The summed E-state index contributed by atoms with van der Waals surface area (Å²) in [5, 5.41) is 11.7. The first-order valence-corrected chi connectivity index (χ1v) is 4.70. The molecule has 14 heavy (non-hydrogen) atoms. The first kappa shape index (κ1) is 10.9. The van der Waals surface area contributed by atoms with E-state index in [-0.39, 0.29) is 12.6 Å². The molecule has 3 heteroatoms. The normalized spacial score (nSPS) is 12.4. The first-order valence-electron chi connectivity index (χ1n) is 4.70. The van der Waals surface area contributed by atoms with Crippen molar-refractivity contribution in [2.45, 2.75) is 19.0 Å². The lowest BCUT2D eigenvalue weighted by molar-refractivity contribution is -0.109. The molecule has 0 heterocycles. The second kappa shape index (κ2) is 6.29. The summed E-state index contributed by atoms with van der Waals surface area (Å²) in [6.45, 7) is 0.690. The lowest BCUT2D eigenvalue weighted by Crippen LogP contribution is -2.30. The number of hydrogen-bond acceptors (Lipinski definition) is 3. The van der Waals surface area contributed by atoms with Crippen molar-refractivity contribution in [1.82, 2.24) is 5.32 Å². The van der Waals surface area contributed by atoms with Crippen LogP contribution >= 0.6 is 0 Å². The quantitative estimate of drug-likeness (QED) is 0.655. The van der Waals surface area contributed by atoms with Gasteiger partial charge >= 0.3 is 0 Å². The standard InChI is InChI=1S/C11H15NO2/c13-7-6-11(9-14)12-8-10-4-2-1-3-5-10/h1-5,9,11-13H,6-8H2. The Balaban J connectivity index is 2.35. The molecule has 0 aliphatic rings. The molecule has 3 nitrogen and oxygen atoms in total. The van der Waals surface area contributed by atoms with Crippen LogP contribution in [0.5, 0.6) is 0 Å². The third-order valence-electron chi connectivity index (χ3n) is 2.02. The van der Waals surface area contributed by atoms with E-state index in [0.717, 1.165) is 11.8 Å². The minimum atomic E-state index is -0.250. The fraction of sp³-hybridized carbons (Fsp3) is 0.364. The highest BCUT2D eigenvalue weighted by molar-refractivity contribution is 5.57. The van der Waals surface area contributed by atoms with Crippen molar-refractivity contribution in [3.8, 4) is 0 Å². The van der Waals surface area contributed by atoms with Crippen LogP contribution in [0.1, 0.15) is 12.0 Å². The number of benzene rings is 1. The van der Waals surface area contributed by atoms with E-state index in [4.69, 9.17) is 5.11 Å². The third-order valence-corrected chi connectivity index (χ3v) is 2.02. The van der Waals surface area contributed by atoms with Gasteiger partial charge in [0, 0.05) is 13.2 Å². The summed E-state index contributed by atoms with van der Waals surface area (Å²) in [5.41, 5.74) is 1.14. The molecule has 0 aliphatic heterocycles. The van der Waals surface area contributed by atoms with Crippen molar-refractivity contribution >= 4 is 6.29 Å². The van der Waals surface area contributed by atoms with Gasteiger partial charge in [-0.25, -0.2) is 0 Å². The molecule has 1 aromatic rings. The second-order valence-electron chi connectivity index (χ2n) is 3.12. The summed E-state index contributed by atoms with van der Waals surface area (Å²) < 4.78 is 0. The van der Waals surface area contributed by atoms with Gasteiger partial charge in [0.25, 0.3) is 0 Å². The van der Waals surface area contributed by atoms with Crippen LogP contribution in [0.4, 0.5) is 0 Å². The average molecular weight is 193 g/mol. The Morgan fingerprint density at radius 2 is 2.07 bits per heavy atom. The third kappa shape index (κ3) is 3.68. The van der Waals surface area contributed by atoms with Crippen LogP contribution in [0, 0.1) is 0 Å². The number of nitrogens with one attached hydrogen (secondary N) is 1. The number of aliphatic hydroxyl groups is 1. The van der Waals surface area contributed by atoms with Gasteiger partial charge in [0.15, 0.2) is 0 Å². The Labute approximate surface area is 83.8 Å². The van der Waals surface area contributed by atoms with Crippen molar-refractivity contribution in [1.29, 1.82) is 0 Å². The van der Waals surface area contributed by atoms with Crippen LogP contribution in [-0.4, -0.2) is 24.0 Å². The molecular weight excluding hydrogens is 178 g/mol. The summed E-state index contributed by atoms with van der Waals surface area (Å²) in [6.07, 6.45) is 1.30. The van der Waals surface area contributed by atoms with E-state index in [9.17, 15) is 4.79 Å². The number of aliphatic hydroxyl groups excluding tert-OH is 1. The molecule has 1 unspecified atom stereocenters. The number of carbonyl (C=O) groups excluding carboxylic acids is 1. The highest BCUT2D eigenvalue weighted by atomic mass is 16.3. The Hall–Kier alpha value is -1.19. The van der Waals surface area contributed by atoms with Crippen molar-refractivity contribution in [2.24, 2.45) is 0 Å². The fourth-order valence-corrected chi connectivity index (χ4v) is 1.20. The zero-order valence-corrected chi connectivity index (χ0v) is 8.02. The largest absolute Gasteiger partial charge is 0.396 e. The maximum Gasteiger partial charge on any atom is 0.136 e. The van der Waals surface area contributed by atoms with Crippen LogP contribution < -0.4 is 5.32 Å². The number of aldehydes is 1. The highest BCUT2D eigenvalue weighted by Gasteiger charge is 2.04. The summed E-state index contributed by atoms with van der Waals surface area (Å²) in [5.74, 6) is 0. The molecule has 0 radical (unpaired) electrons. The van der Waals surface area contributed by atoms with Gasteiger partial charge in [-0.05, 0) is 12.0 Å². The Morgan fingerprint density at radius 1 is 1.36 bits per heavy atom. The van der Waals surface area contributed by atoms with Crippen molar-refractivity contribution in [2.75, 3.05) is 6.61 Å². The topological polar surface area (TPSA) is 49.3 Å². The monoisotopic (exact) mass is 193 g/mol. The van der Waals surface area contributed by atoms with Gasteiger partial charge in [-0.3, -0.25) is 0 Å². The predicted molar refractivity (Wildman–Crippen MR) is 54.8 cm³/mol. The van der Waals surface area contributed by atoms with Gasteiger partial charge < -0.3 is 15.2 Å². The van der Waals surface area contributed by atoms with Gasteiger partial charge in [-0.2, -0.15) is 0 Å². The molecule has 0 aliphatic carbocycles. The maximum absolute atomic E-state index is 10.5. The molecule has 2 N–H and O–H groups in total. The molecule has 1 rings (SSSR count). The molecule has 76 valence electrons. The van der Waals surface area contributed by atoms with Crippen LogP contribution in [0.2, 0.25) is 0 Å². The van der Waals surface area contributed by atoms with E-state index < -0.39 is 0 Å². The molecule has 0 spiro atoms. The van der Waals surface area contributed by atoms with Crippen molar-refractivity contribution in [3.63, 3.8) is 0 Å². The summed E-state index contributed by atoms with van der Waals surface area (Å²) in [4.78, 5) is 10.5. The molecule has 1 aromatic carbocycles. The van der Waals surface area contributed by atoms with Crippen LogP contribution in [-0.2, 0) is 11.3 Å². The lowest BCUT2D eigenvalue weighted by atomic mass is 10.2. The minimum absolute atomic E-state index is 0.0329. The van der Waals surface area contributed by atoms with Crippen molar-refractivity contribution < 1.29 is 9.90 Å². The highest BCUT2D eigenvalue weighted by Crippen LogP contribution is 1.98. The minimum Gasteiger partial charge on any atom is -0.396 e. The predicted octanol–water partition coefficient (Wildman–Crippen LogP) is 0.726. The number of rotatable bonds is 6. The molecule has 0 saturated heterocycles. The Kier molecular flexibility index (Phi) is 4.89. The van der Waals surface area contributed by atoms with Gasteiger partial charge in [-0.15, -0.1) is 0 Å². The Bertz CT molecular complexity index is 261. The van der Waals surface area contributed by atoms with Crippen LogP contribution in [0.25, 0.3) is 0 Å². The molecule has 0 bridgehead atoms. The lowest BCUT2D eigenvalue weighted by Gasteiger charge is -2.10. The summed E-state index contributed by atoms with van der Waals surface area (Å²) >= 11 is 0. The van der Waals surface area contributed by atoms with Crippen LogP contribution in [0.15, 0.2) is 30.3 Å². The number of carbonyl (C=O) groups is 1. The Morgan fingerprint density at radius 3 is 2.64 bits per heavy atom. The molecule has 0 fully saturated rings. The zero-order chi connectivity index (χ0) is 10.2. The van der Waals surface area contributed by atoms with E-state index in [1.165, 1.54) is 0 Å². The maximum atomic E-state index is 10.5. The summed E-state index contributed by atoms with van der Waals surface area (Å²) in [7, 11) is 0. The fourth-order valence-electron chi connectivity index (χ4n) is 1.20. The summed E-state index contributed by atoms with van der Waals surface area (Å²) in [6, 6.07) is 9.61. The number of hydrogen-bond donors (Lipinski definition) is 2. The van der Waals surface area contributed by atoms with Gasteiger partial charge in [-0.1, -0.05) is 30.3 Å². The average Bonchev–Trinajstić information content (AvgIpc) is 2.25. The van der Waals surface area contributed by atoms with E-state index in [0.29, 0.717) is 13.0 Å². The van der Waals surface area contributed by atoms with Gasteiger partial charge in [0.05, 0.1) is 6.04 Å². The molecule has 0 saturated carbocycles. The van der Waals surface area contributed by atoms with E-state index in [2.05, 4.69) is 5.32 Å². The zero-order valence-electron chi connectivity index (χ0n) is 8.02. The molecule has 1 atom stereocenters. The van der Waals surface area contributed by atoms with E-state index >= 15 is 0 Å². The first-order chi connectivity index (χ1) is 6.86. The van der Waals surface area contributed by atoms with E-state index in [1.807, 2.05) is 30.3 Å². The molecular formula is C11H15NO2. The van der Waals surface area contributed by atoms with Gasteiger partial charge in [0.2, 0.25) is 0 Å². The van der Waals surface area contributed by atoms with Crippen molar-refractivity contribution in [3.05, 3.63) is 35.9 Å². The SMILES string of the molecule is O=CC(CCO)NCc1ccccc1. The molecule has 0 aromatic heterocycles. The smallest absolute Gasteiger partial charge is 0.136 e. The van der Waals surface area contributed by atoms with Gasteiger partial charge in [0.1, 0.15) is 6.29 Å². The second-order valence-corrected chi connectivity index (χ2v) is 3.12. The van der Waals surface area contributed by atoms with Crippen LogP contribution in [0.3, 0.4) is 0 Å². The molecule has 0 amide bonds.